The van der Waals surface area contributed by atoms with E-state index in [0.717, 1.165) is 29.0 Å². The summed E-state index contributed by atoms with van der Waals surface area (Å²) in [5.74, 6) is 0.314. The summed E-state index contributed by atoms with van der Waals surface area (Å²) in [7, 11) is 0. The molecule has 4 heterocycles. The van der Waals surface area contributed by atoms with Crippen molar-refractivity contribution in [1.82, 2.24) is 20.3 Å². The Kier molecular flexibility index (Phi) is 7.23. The number of benzene rings is 2. The summed E-state index contributed by atoms with van der Waals surface area (Å²) in [6, 6.07) is 11.0. The van der Waals surface area contributed by atoms with E-state index in [2.05, 4.69) is 25.6 Å². The Hall–Kier alpha value is -5.17. The molecule has 13 nitrogen and oxygen atoms in total. The SMILES string of the molecule is NCc1ccc2c(c1)OCCO2.O=C1COc2ccc(CNC(=O)c3ncnc4c(C(=O)O)c[nH]c34)cc2N1. The lowest BCUT2D eigenvalue weighted by molar-refractivity contribution is -0.118. The Labute approximate surface area is 221 Å². The van der Waals surface area contributed by atoms with Crippen LogP contribution in [0.5, 0.6) is 17.2 Å². The maximum atomic E-state index is 12.5. The Bertz CT molecular complexity index is 1570. The molecule has 0 unspecified atom stereocenters. The fraction of sp³-hybridized carbons (Fsp3) is 0.192. The molecule has 0 aliphatic carbocycles. The predicted molar refractivity (Wildman–Crippen MR) is 138 cm³/mol. The lowest BCUT2D eigenvalue weighted by atomic mass is 10.1. The number of anilines is 1. The molecule has 0 bridgehead atoms. The standard InChI is InChI=1S/C17H13N5O5.C9H11NO2/c23-12-6-27-11-2-1-8(3-10(11)22-12)4-19-16(24)15-14-13(20-7-21-15)9(5-18-14)17(25)26;10-6-7-1-2-8-9(5-7)12-4-3-11-8/h1-3,5,7,18H,4,6H2,(H,19,24)(H,22,23)(H,25,26);1-2,5H,3-4,6,10H2. The van der Waals surface area contributed by atoms with Crippen molar-refractivity contribution in [3.05, 3.63) is 71.3 Å². The molecule has 0 atom stereocenters. The highest BCUT2D eigenvalue weighted by Gasteiger charge is 2.20. The van der Waals surface area contributed by atoms with Crippen molar-refractivity contribution in [3.8, 4) is 17.2 Å². The molecule has 0 radical (unpaired) electrons. The highest BCUT2D eigenvalue weighted by Crippen LogP contribution is 2.30. The third kappa shape index (κ3) is 5.57. The van der Waals surface area contributed by atoms with Crippen molar-refractivity contribution in [3.63, 3.8) is 0 Å². The molecule has 0 saturated heterocycles. The number of carboxylic acid groups (broad SMARTS) is 1. The molecule has 4 aromatic rings. The Morgan fingerprint density at radius 1 is 1.00 bits per heavy atom. The van der Waals surface area contributed by atoms with E-state index in [4.69, 9.17) is 25.1 Å². The number of hydrogen-bond acceptors (Lipinski definition) is 9. The first-order valence-corrected chi connectivity index (χ1v) is 11.9. The highest BCUT2D eigenvalue weighted by molar-refractivity contribution is 6.08. The van der Waals surface area contributed by atoms with E-state index in [1.54, 1.807) is 18.2 Å². The maximum absolute atomic E-state index is 12.5. The van der Waals surface area contributed by atoms with E-state index in [0.29, 0.717) is 31.2 Å². The van der Waals surface area contributed by atoms with Crippen molar-refractivity contribution >= 4 is 34.5 Å². The number of H-pyrrole nitrogens is 1. The molecular formula is C26H24N6O7. The highest BCUT2D eigenvalue weighted by atomic mass is 16.6. The predicted octanol–water partition coefficient (Wildman–Crippen LogP) is 1.83. The van der Waals surface area contributed by atoms with Crippen LogP contribution in [0.3, 0.4) is 0 Å². The Morgan fingerprint density at radius 3 is 2.56 bits per heavy atom. The summed E-state index contributed by atoms with van der Waals surface area (Å²) in [5.41, 5.74) is 8.26. The zero-order valence-corrected chi connectivity index (χ0v) is 20.5. The van der Waals surface area contributed by atoms with Crippen molar-refractivity contribution in [1.29, 1.82) is 0 Å². The first kappa shape index (κ1) is 25.5. The summed E-state index contributed by atoms with van der Waals surface area (Å²) in [5, 5.41) is 14.6. The molecule has 2 aromatic heterocycles. The minimum absolute atomic E-state index is 0.0265. The van der Waals surface area contributed by atoms with Crippen LogP contribution in [-0.4, -0.2) is 57.7 Å². The fourth-order valence-electron chi connectivity index (χ4n) is 4.00. The minimum atomic E-state index is -1.15. The van der Waals surface area contributed by atoms with Gasteiger partial charge in [-0.15, -0.1) is 0 Å². The quantitative estimate of drug-likeness (QED) is 0.253. The molecule has 13 heteroatoms. The molecule has 0 fully saturated rings. The van der Waals surface area contributed by atoms with Gasteiger partial charge >= 0.3 is 5.97 Å². The molecule has 200 valence electrons. The largest absolute Gasteiger partial charge is 0.486 e. The maximum Gasteiger partial charge on any atom is 0.339 e. The molecule has 0 saturated carbocycles. The van der Waals surface area contributed by atoms with Crippen molar-refractivity contribution in [2.45, 2.75) is 13.1 Å². The van der Waals surface area contributed by atoms with Gasteiger partial charge in [-0.1, -0.05) is 12.1 Å². The van der Waals surface area contributed by atoms with Gasteiger partial charge in [0, 0.05) is 19.3 Å². The van der Waals surface area contributed by atoms with Crippen LogP contribution >= 0.6 is 0 Å². The number of ether oxygens (including phenoxy) is 3. The molecule has 6 rings (SSSR count). The summed E-state index contributed by atoms with van der Waals surface area (Å²) in [6.07, 6.45) is 2.41. The van der Waals surface area contributed by atoms with Crippen molar-refractivity contribution in [2.75, 3.05) is 25.1 Å². The molecule has 2 aliphatic heterocycles. The van der Waals surface area contributed by atoms with E-state index in [9.17, 15) is 14.4 Å². The number of nitrogens with one attached hydrogen (secondary N) is 3. The van der Waals surface area contributed by atoms with Gasteiger partial charge in [-0.05, 0) is 35.4 Å². The Morgan fingerprint density at radius 2 is 1.77 bits per heavy atom. The number of rotatable bonds is 5. The minimum Gasteiger partial charge on any atom is -0.486 e. The van der Waals surface area contributed by atoms with Gasteiger partial charge in [-0.3, -0.25) is 9.59 Å². The first-order valence-electron chi connectivity index (χ1n) is 11.9. The van der Waals surface area contributed by atoms with Crippen LogP contribution in [0.4, 0.5) is 5.69 Å². The normalized spacial score (nSPS) is 13.3. The van der Waals surface area contributed by atoms with Gasteiger partial charge in [-0.25, -0.2) is 14.8 Å². The van der Waals surface area contributed by atoms with Crippen LogP contribution in [0, 0.1) is 0 Å². The molecule has 39 heavy (non-hydrogen) atoms. The second-order valence-corrected chi connectivity index (χ2v) is 8.49. The van der Waals surface area contributed by atoms with Gasteiger partial charge in [0.2, 0.25) is 0 Å². The van der Waals surface area contributed by atoms with Crippen LogP contribution in [0.2, 0.25) is 0 Å². The van der Waals surface area contributed by atoms with Crippen molar-refractivity contribution in [2.24, 2.45) is 5.73 Å². The number of nitrogens with zero attached hydrogens (tertiary/aromatic N) is 2. The second-order valence-electron chi connectivity index (χ2n) is 8.49. The molecule has 6 N–H and O–H groups in total. The number of carboxylic acids is 1. The summed E-state index contributed by atoms with van der Waals surface area (Å²) < 4.78 is 16.0. The number of aromatic nitrogens is 3. The fourth-order valence-corrected chi connectivity index (χ4v) is 4.00. The second kappa shape index (κ2) is 11.1. The monoisotopic (exact) mass is 532 g/mol. The number of amides is 2. The van der Waals surface area contributed by atoms with Gasteiger partial charge in [-0.2, -0.15) is 0 Å². The van der Waals surface area contributed by atoms with Crippen LogP contribution in [0.25, 0.3) is 11.0 Å². The zero-order chi connectivity index (χ0) is 27.4. The third-order valence-corrected chi connectivity index (χ3v) is 5.88. The lowest BCUT2D eigenvalue weighted by Crippen LogP contribution is -2.26. The van der Waals surface area contributed by atoms with Crippen LogP contribution < -0.4 is 30.6 Å². The van der Waals surface area contributed by atoms with Crippen LogP contribution in [0.15, 0.2) is 48.9 Å². The number of fused-ring (bicyclic) bond motifs is 3. The van der Waals surface area contributed by atoms with Crippen molar-refractivity contribution < 1.29 is 33.7 Å². The molecular weight excluding hydrogens is 508 g/mol. The summed E-state index contributed by atoms with van der Waals surface area (Å²) in [4.78, 5) is 45.7. The Balaban J connectivity index is 0.000000214. The molecule has 2 amide bonds. The van der Waals surface area contributed by atoms with E-state index in [1.807, 2.05) is 18.2 Å². The smallest absolute Gasteiger partial charge is 0.339 e. The first-order chi connectivity index (χ1) is 18.9. The van der Waals surface area contributed by atoms with Crippen LogP contribution in [-0.2, 0) is 17.9 Å². The number of aromatic carboxylic acids is 1. The molecule has 2 aromatic carbocycles. The van der Waals surface area contributed by atoms with Gasteiger partial charge in [0.25, 0.3) is 11.8 Å². The molecule has 0 spiro atoms. The lowest BCUT2D eigenvalue weighted by Gasteiger charge is -2.18. The molecule has 2 aliphatic rings. The van der Waals surface area contributed by atoms with E-state index < -0.39 is 11.9 Å². The average molecular weight is 533 g/mol. The number of aromatic amines is 1. The van der Waals surface area contributed by atoms with Gasteiger partial charge in [0.1, 0.15) is 36.4 Å². The van der Waals surface area contributed by atoms with Gasteiger partial charge < -0.3 is 40.7 Å². The van der Waals surface area contributed by atoms with E-state index in [1.165, 1.54) is 6.20 Å². The van der Waals surface area contributed by atoms with E-state index in [-0.39, 0.29) is 41.3 Å². The number of nitrogens with two attached hydrogens (primary N) is 1. The number of hydrogen-bond donors (Lipinski definition) is 5. The van der Waals surface area contributed by atoms with E-state index >= 15 is 0 Å². The number of carbonyl (C=O) groups excluding carboxylic acids is 2. The zero-order valence-electron chi connectivity index (χ0n) is 20.5. The average Bonchev–Trinajstić information content (AvgIpc) is 3.40. The van der Waals surface area contributed by atoms with Crippen LogP contribution in [0.1, 0.15) is 32.0 Å². The summed E-state index contributed by atoms with van der Waals surface area (Å²) >= 11 is 0. The van der Waals surface area contributed by atoms with Gasteiger partial charge in [0.15, 0.2) is 23.8 Å². The summed E-state index contributed by atoms with van der Waals surface area (Å²) in [6.45, 7) is 1.95. The van der Waals surface area contributed by atoms with Gasteiger partial charge in [0.05, 0.1) is 11.2 Å². The number of carbonyl (C=O) groups is 3. The third-order valence-electron chi connectivity index (χ3n) is 5.88. The topological polar surface area (TPSA) is 191 Å².